The van der Waals surface area contributed by atoms with E-state index in [2.05, 4.69) is 5.48 Å². The summed E-state index contributed by atoms with van der Waals surface area (Å²) in [6.07, 6.45) is 0.375. The average Bonchev–Trinajstić information content (AvgIpc) is 2.57. The van der Waals surface area contributed by atoms with Gasteiger partial charge in [-0.15, -0.1) is 0 Å². The summed E-state index contributed by atoms with van der Waals surface area (Å²) in [7, 11) is 0. The summed E-state index contributed by atoms with van der Waals surface area (Å²) in [4.78, 5) is 17.0. The summed E-state index contributed by atoms with van der Waals surface area (Å²) in [6, 6.07) is 13.7. The van der Waals surface area contributed by atoms with Crippen LogP contribution in [-0.4, -0.2) is 27.8 Å². The van der Waals surface area contributed by atoms with Gasteiger partial charge in [0.2, 0.25) is 5.91 Å². The molecule has 2 aromatic carbocycles. The predicted octanol–water partition coefficient (Wildman–Crippen LogP) is 1.89. The molecule has 6 nitrogen and oxygen atoms in total. The van der Waals surface area contributed by atoms with Crippen LogP contribution in [0.2, 0.25) is 0 Å². The van der Waals surface area contributed by atoms with Crippen molar-refractivity contribution in [2.75, 3.05) is 6.61 Å². The Balaban J connectivity index is 1.80. The van der Waals surface area contributed by atoms with Gasteiger partial charge in [-0.2, -0.15) is 0 Å². The summed E-state index contributed by atoms with van der Waals surface area (Å²) in [5, 5.41) is 28.5. The SMILES string of the molecule is O=C(CC(CO)Cc1ccc(O)cc1O)NOCc1ccccc1. The molecule has 0 bridgehead atoms. The number of hydrogen-bond acceptors (Lipinski definition) is 5. The van der Waals surface area contributed by atoms with E-state index in [0.717, 1.165) is 5.56 Å². The minimum atomic E-state index is -0.360. The highest BCUT2D eigenvalue weighted by Gasteiger charge is 2.16. The second-order valence-corrected chi connectivity index (χ2v) is 5.57. The molecule has 0 aliphatic rings. The number of aliphatic hydroxyl groups is 1. The van der Waals surface area contributed by atoms with Crippen molar-refractivity contribution in [1.82, 2.24) is 5.48 Å². The molecule has 0 fully saturated rings. The van der Waals surface area contributed by atoms with E-state index in [1.807, 2.05) is 30.3 Å². The molecule has 4 N–H and O–H groups in total. The Hall–Kier alpha value is -2.57. The van der Waals surface area contributed by atoms with Gasteiger partial charge in [0.05, 0.1) is 6.61 Å². The highest BCUT2D eigenvalue weighted by Crippen LogP contribution is 2.25. The fourth-order valence-electron chi connectivity index (χ4n) is 2.32. The number of carbonyl (C=O) groups excluding carboxylic acids is 1. The van der Waals surface area contributed by atoms with E-state index in [0.29, 0.717) is 12.0 Å². The Morgan fingerprint density at radius 3 is 2.54 bits per heavy atom. The van der Waals surface area contributed by atoms with Crippen LogP contribution in [0, 0.1) is 5.92 Å². The molecular weight excluding hydrogens is 310 g/mol. The third kappa shape index (κ3) is 5.57. The van der Waals surface area contributed by atoms with Gasteiger partial charge in [0.25, 0.3) is 0 Å². The number of benzene rings is 2. The second-order valence-electron chi connectivity index (χ2n) is 5.57. The number of hydrogen-bond donors (Lipinski definition) is 4. The maximum absolute atomic E-state index is 11.9. The standard InChI is InChI=1S/C18H21NO5/c20-11-14(8-15-6-7-16(21)10-17(15)22)9-18(23)19-24-12-13-4-2-1-3-5-13/h1-7,10,14,20-22H,8-9,11-12H2,(H,19,23). The largest absolute Gasteiger partial charge is 0.508 e. The van der Waals surface area contributed by atoms with Crippen LogP contribution in [0.1, 0.15) is 17.5 Å². The maximum Gasteiger partial charge on any atom is 0.243 e. The summed E-state index contributed by atoms with van der Waals surface area (Å²) in [5.41, 5.74) is 3.85. The van der Waals surface area contributed by atoms with Gasteiger partial charge >= 0.3 is 0 Å². The van der Waals surface area contributed by atoms with Crippen LogP contribution >= 0.6 is 0 Å². The monoisotopic (exact) mass is 331 g/mol. The van der Waals surface area contributed by atoms with Gasteiger partial charge in [-0.05, 0) is 29.5 Å². The predicted molar refractivity (Wildman–Crippen MR) is 88.0 cm³/mol. The number of rotatable bonds is 8. The Labute approximate surface area is 140 Å². The van der Waals surface area contributed by atoms with Gasteiger partial charge in [-0.3, -0.25) is 9.63 Å². The molecular formula is C18H21NO5. The Morgan fingerprint density at radius 2 is 1.88 bits per heavy atom. The first kappa shape index (κ1) is 17.8. The number of aliphatic hydroxyl groups excluding tert-OH is 1. The van der Waals surface area contributed by atoms with E-state index < -0.39 is 0 Å². The van der Waals surface area contributed by atoms with Gasteiger partial charge in [0.15, 0.2) is 0 Å². The zero-order chi connectivity index (χ0) is 17.4. The molecule has 1 atom stereocenters. The molecule has 128 valence electrons. The van der Waals surface area contributed by atoms with Gasteiger partial charge in [0.1, 0.15) is 11.5 Å². The van der Waals surface area contributed by atoms with E-state index in [-0.39, 0.29) is 43.0 Å². The Morgan fingerprint density at radius 1 is 1.12 bits per heavy atom. The minimum absolute atomic E-state index is 0.0381. The van der Waals surface area contributed by atoms with E-state index in [9.17, 15) is 20.1 Å². The van der Waals surface area contributed by atoms with Crippen LogP contribution in [0.15, 0.2) is 48.5 Å². The molecule has 0 aliphatic carbocycles. The van der Waals surface area contributed by atoms with Crippen molar-refractivity contribution < 1.29 is 25.0 Å². The minimum Gasteiger partial charge on any atom is -0.508 e. The lowest BCUT2D eigenvalue weighted by Gasteiger charge is -2.15. The average molecular weight is 331 g/mol. The van der Waals surface area contributed by atoms with E-state index in [4.69, 9.17) is 4.84 Å². The first-order valence-electron chi connectivity index (χ1n) is 7.64. The van der Waals surface area contributed by atoms with E-state index >= 15 is 0 Å². The quantitative estimate of drug-likeness (QED) is 0.554. The maximum atomic E-state index is 11.9. The van der Waals surface area contributed by atoms with Crippen molar-refractivity contribution >= 4 is 5.91 Å². The van der Waals surface area contributed by atoms with Gasteiger partial charge in [-0.25, -0.2) is 5.48 Å². The zero-order valence-electron chi connectivity index (χ0n) is 13.2. The van der Waals surface area contributed by atoms with Crippen molar-refractivity contribution in [1.29, 1.82) is 0 Å². The van der Waals surface area contributed by atoms with Crippen LogP contribution in [-0.2, 0) is 22.7 Å². The highest BCUT2D eigenvalue weighted by molar-refractivity contribution is 5.75. The van der Waals surface area contributed by atoms with Gasteiger partial charge < -0.3 is 15.3 Å². The molecule has 0 spiro atoms. The highest BCUT2D eigenvalue weighted by atomic mass is 16.6. The van der Waals surface area contributed by atoms with Crippen molar-refractivity contribution in [2.24, 2.45) is 5.92 Å². The number of nitrogens with one attached hydrogen (secondary N) is 1. The lowest BCUT2D eigenvalue weighted by molar-refractivity contribution is -0.135. The summed E-state index contributed by atoms with van der Waals surface area (Å²) < 4.78 is 0. The fourth-order valence-corrected chi connectivity index (χ4v) is 2.32. The molecule has 0 aromatic heterocycles. The third-order valence-corrected chi connectivity index (χ3v) is 3.58. The first-order chi connectivity index (χ1) is 11.6. The normalized spacial score (nSPS) is 11.9. The zero-order valence-corrected chi connectivity index (χ0v) is 13.2. The lowest BCUT2D eigenvalue weighted by Crippen LogP contribution is -2.27. The van der Waals surface area contributed by atoms with Crippen LogP contribution < -0.4 is 5.48 Å². The third-order valence-electron chi connectivity index (χ3n) is 3.58. The number of hydroxylamine groups is 1. The van der Waals surface area contributed by atoms with Crippen molar-refractivity contribution in [3.8, 4) is 11.5 Å². The van der Waals surface area contributed by atoms with E-state index in [1.54, 1.807) is 6.07 Å². The van der Waals surface area contributed by atoms with E-state index in [1.165, 1.54) is 12.1 Å². The summed E-state index contributed by atoms with van der Waals surface area (Å²) in [6.45, 7) is 0.0571. The molecule has 1 amide bonds. The molecule has 1 unspecified atom stereocenters. The topological polar surface area (TPSA) is 99.0 Å². The number of phenols is 2. The van der Waals surface area contributed by atoms with Crippen molar-refractivity contribution in [2.45, 2.75) is 19.4 Å². The second kappa shape index (κ2) is 8.90. The number of amides is 1. The number of phenolic OH excluding ortho intramolecular Hbond substituents is 2. The van der Waals surface area contributed by atoms with Crippen LogP contribution in [0.4, 0.5) is 0 Å². The summed E-state index contributed by atoms with van der Waals surface area (Å²) in [5.74, 6) is -0.804. The molecule has 0 aliphatic heterocycles. The molecule has 0 saturated heterocycles. The molecule has 0 heterocycles. The Bertz CT molecular complexity index is 660. The van der Waals surface area contributed by atoms with Crippen molar-refractivity contribution in [3.05, 3.63) is 59.7 Å². The Kier molecular flexibility index (Phi) is 6.60. The van der Waals surface area contributed by atoms with Crippen LogP contribution in [0.5, 0.6) is 11.5 Å². The fraction of sp³-hybridized carbons (Fsp3) is 0.278. The molecule has 0 radical (unpaired) electrons. The molecule has 0 saturated carbocycles. The van der Waals surface area contributed by atoms with Gasteiger partial charge in [-0.1, -0.05) is 36.4 Å². The first-order valence-corrected chi connectivity index (χ1v) is 7.64. The molecule has 24 heavy (non-hydrogen) atoms. The van der Waals surface area contributed by atoms with Crippen LogP contribution in [0.3, 0.4) is 0 Å². The lowest BCUT2D eigenvalue weighted by atomic mass is 9.96. The molecule has 2 rings (SSSR count). The van der Waals surface area contributed by atoms with Crippen LogP contribution in [0.25, 0.3) is 0 Å². The summed E-state index contributed by atoms with van der Waals surface area (Å²) >= 11 is 0. The van der Waals surface area contributed by atoms with Crippen molar-refractivity contribution in [3.63, 3.8) is 0 Å². The van der Waals surface area contributed by atoms with Gasteiger partial charge in [0, 0.05) is 19.1 Å². The molecule has 2 aromatic rings. The smallest absolute Gasteiger partial charge is 0.243 e. The molecule has 6 heteroatoms. The number of aromatic hydroxyl groups is 2. The number of carbonyl (C=O) groups is 1.